The molecule has 15 heavy (non-hydrogen) atoms. The molecule has 2 heterocycles. The number of anilines is 1. The molecule has 0 spiro atoms. The number of ether oxygens (including phenoxy) is 1. The lowest BCUT2D eigenvalue weighted by Crippen LogP contribution is -2.26. The first kappa shape index (κ1) is 10.5. The van der Waals surface area contributed by atoms with Gasteiger partial charge in [0.25, 0.3) is 0 Å². The monoisotopic (exact) mass is 229 g/mol. The van der Waals surface area contributed by atoms with Crippen molar-refractivity contribution in [1.29, 1.82) is 0 Å². The molecular weight excluding hydrogens is 218 g/mol. The van der Waals surface area contributed by atoms with Crippen LogP contribution in [0.25, 0.3) is 0 Å². The van der Waals surface area contributed by atoms with Crippen molar-refractivity contribution in [2.45, 2.75) is 10.8 Å². The molecule has 0 saturated carbocycles. The molecule has 2 atom stereocenters. The molecule has 1 aliphatic rings. The van der Waals surface area contributed by atoms with Crippen LogP contribution >= 0.6 is 11.8 Å². The van der Waals surface area contributed by atoms with Gasteiger partial charge >= 0.3 is 5.69 Å². The van der Waals surface area contributed by atoms with Crippen molar-refractivity contribution in [3.63, 3.8) is 0 Å². The van der Waals surface area contributed by atoms with Crippen molar-refractivity contribution in [1.82, 2.24) is 9.55 Å². The van der Waals surface area contributed by atoms with Crippen LogP contribution in [0.5, 0.6) is 0 Å². The molecule has 7 heteroatoms. The molecule has 0 aromatic carbocycles. The summed E-state index contributed by atoms with van der Waals surface area (Å²) >= 11 is 1.39. The summed E-state index contributed by atoms with van der Waals surface area (Å²) in [5.41, 5.74) is 4.72. The number of aliphatic hydroxyl groups excluding tert-OH is 1. The Balaban J connectivity index is 2.20. The first-order valence-corrected chi connectivity index (χ1v) is 5.37. The standard InChI is InChI=1S/C8H11N3O3S/c9-5-1-2-11(8(13)10-5)6-4-14-7(3-12)15-6/h1-2,6-7,12H,3-4H2,(H2,9,10,13)/t6-,7-/m1/s1. The van der Waals surface area contributed by atoms with Crippen molar-refractivity contribution in [3.8, 4) is 0 Å². The predicted molar refractivity (Wildman–Crippen MR) is 56.4 cm³/mol. The lowest BCUT2D eigenvalue weighted by Gasteiger charge is -2.10. The van der Waals surface area contributed by atoms with E-state index in [0.717, 1.165) is 0 Å². The Labute approximate surface area is 90.1 Å². The van der Waals surface area contributed by atoms with E-state index in [2.05, 4.69) is 4.98 Å². The van der Waals surface area contributed by atoms with Crippen LogP contribution in [-0.2, 0) is 4.74 Å². The fraction of sp³-hybridized carbons (Fsp3) is 0.500. The van der Waals surface area contributed by atoms with Crippen molar-refractivity contribution >= 4 is 17.6 Å². The Morgan fingerprint density at radius 1 is 1.80 bits per heavy atom. The highest BCUT2D eigenvalue weighted by Gasteiger charge is 2.27. The maximum atomic E-state index is 11.5. The van der Waals surface area contributed by atoms with Gasteiger partial charge in [-0.3, -0.25) is 4.57 Å². The molecule has 0 unspecified atom stereocenters. The lowest BCUT2D eigenvalue weighted by molar-refractivity contribution is 0.0803. The molecule has 82 valence electrons. The van der Waals surface area contributed by atoms with Crippen LogP contribution in [0.4, 0.5) is 5.82 Å². The zero-order valence-corrected chi connectivity index (χ0v) is 8.68. The molecule has 0 bridgehead atoms. The quantitative estimate of drug-likeness (QED) is 0.704. The van der Waals surface area contributed by atoms with Crippen LogP contribution in [0, 0.1) is 0 Å². The largest absolute Gasteiger partial charge is 0.393 e. The fourth-order valence-corrected chi connectivity index (χ4v) is 2.37. The molecule has 1 saturated heterocycles. The van der Waals surface area contributed by atoms with E-state index in [-0.39, 0.29) is 23.2 Å². The zero-order chi connectivity index (χ0) is 10.8. The van der Waals surface area contributed by atoms with Crippen LogP contribution in [0.1, 0.15) is 5.37 Å². The highest BCUT2D eigenvalue weighted by molar-refractivity contribution is 8.00. The number of nitrogen functional groups attached to an aromatic ring is 1. The van der Waals surface area contributed by atoms with Crippen molar-refractivity contribution in [2.24, 2.45) is 0 Å². The fourth-order valence-electron chi connectivity index (χ4n) is 1.33. The van der Waals surface area contributed by atoms with Gasteiger partial charge in [-0.25, -0.2) is 4.79 Å². The number of thioether (sulfide) groups is 1. The van der Waals surface area contributed by atoms with Gasteiger partial charge in [0.1, 0.15) is 16.6 Å². The highest BCUT2D eigenvalue weighted by atomic mass is 32.2. The van der Waals surface area contributed by atoms with Crippen LogP contribution < -0.4 is 11.4 Å². The van der Waals surface area contributed by atoms with Crippen molar-refractivity contribution in [2.75, 3.05) is 18.9 Å². The van der Waals surface area contributed by atoms with Gasteiger partial charge in [0.05, 0.1) is 13.2 Å². The molecule has 0 aliphatic carbocycles. The predicted octanol–water partition coefficient (Wildman–Crippen LogP) is -0.594. The number of aromatic nitrogens is 2. The van der Waals surface area contributed by atoms with Crippen molar-refractivity contribution < 1.29 is 9.84 Å². The molecule has 1 fully saturated rings. The van der Waals surface area contributed by atoms with E-state index in [1.807, 2.05) is 0 Å². The van der Waals surface area contributed by atoms with E-state index >= 15 is 0 Å². The van der Waals surface area contributed by atoms with E-state index in [4.69, 9.17) is 15.6 Å². The summed E-state index contributed by atoms with van der Waals surface area (Å²) in [6.07, 6.45) is 1.59. The molecule has 2 rings (SSSR count). The second-order valence-electron chi connectivity index (χ2n) is 3.08. The third kappa shape index (κ3) is 2.14. The maximum absolute atomic E-state index is 11.5. The first-order valence-electron chi connectivity index (χ1n) is 4.43. The van der Waals surface area contributed by atoms with Crippen LogP contribution in [0.15, 0.2) is 17.1 Å². The third-order valence-electron chi connectivity index (χ3n) is 2.04. The average molecular weight is 229 g/mol. The van der Waals surface area contributed by atoms with Gasteiger partial charge in [-0.2, -0.15) is 4.98 Å². The molecule has 1 aromatic rings. The second kappa shape index (κ2) is 4.21. The third-order valence-corrected chi connectivity index (χ3v) is 3.31. The highest BCUT2D eigenvalue weighted by Crippen LogP contribution is 2.34. The summed E-state index contributed by atoms with van der Waals surface area (Å²) in [7, 11) is 0. The van der Waals surface area contributed by atoms with Gasteiger partial charge < -0.3 is 15.6 Å². The normalized spacial score (nSPS) is 25.7. The Kier molecular flexibility index (Phi) is 2.94. The minimum Gasteiger partial charge on any atom is -0.393 e. The SMILES string of the molecule is Nc1ccn([C@H]2CO[C@@H](CO)S2)c(=O)n1. The van der Waals surface area contributed by atoms with Gasteiger partial charge in [0.15, 0.2) is 0 Å². The summed E-state index contributed by atoms with van der Waals surface area (Å²) in [4.78, 5) is 15.1. The van der Waals surface area contributed by atoms with E-state index in [0.29, 0.717) is 6.61 Å². The number of nitrogens with two attached hydrogens (primary N) is 1. The van der Waals surface area contributed by atoms with E-state index in [1.165, 1.54) is 16.3 Å². The molecule has 3 N–H and O–H groups in total. The van der Waals surface area contributed by atoms with Crippen LogP contribution in [0.3, 0.4) is 0 Å². The minimum absolute atomic E-state index is 0.0572. The van der Waals surface area contributed by atoms with Gasteiger partial charge in [0.2, 0.25) is 0 Å². The maximum Gasteiger partial charge on any atom is 0.350 e. The molecule has 0 radical (unpaired) electrons. The topological polar surface area (TPSA) is 90.4 Å². The van der Waals surface area contributed by atoms with Crippen LogP contribution in [0.2, 0.25) is 0 Å². The molecule has 6 nitrogen and oxygen atoms in total. The van der Waals surface area contributed by atoms with Gasteiger partial charge in [-0.15, -0.1) is 11.8 Å². The van der Waals surface area contributed by atoms with E-state index < -0.39 is 5.69 Å². The smallest absolute Gasteiger partial charge is 0.350 e. The van der Waals surface area contributed by atoms with Gasteiger partial charge in [-0.05, 0) is 6.07 Å². The number of hydrogen-bond acceptors (Lipinski definition) is 6. The average Bonchev–Trinajstić information content (AvgIpc) is 2.66. The summed E-state index contributed by atoms with van der Waals surface area (Å²) in [6.45, 7) is 0.333. The van der Waals surface area contributed by atoms with Gasteiger partial charge in [0, 0.05) is 6.20 Å². The molecule has 1 aromatic heterocycles. The summed E-state index contributed by atoms with van der Waals surface area (Å²) in [5, 5.41) is 8.74. The Morgan fingerprint density at radius 3 is 3.20 bits per heavy atom. The first-order chi connectivity index (χ1) is 7.20. The summed E-state index contributed by atoms with van der Waals surface area (Å²) in [5.74, 6) is 0.207. The minimum atomic E-state index is -0.394. The van der Waals surface area contributed by atoms with E-state index in [9.17, 15) is 4.79 Å². The Hall–Kier alpha value is -1.05. The number of rotatable bonds is 2. The Bertz CT molecular complexity index is 408. The lowest BCUT2D eigenvalue weighted by atomic mass is 10.5. The van der Waals surface area contributed by atoms with Crippen LogP contribution in [-0.4, -0.2) is 33.3 Å². The number of nitrogens with zero attached hydrogens (tertiary/aromatic N) is 2. The van der Waals surface area contributed by atoms with E-state index in [1.54, 1.807) is 12.3 Å². The summed E-state index contributed by atoms with van der Waals surface area (Å²) < 4.78 is 6.70. The zero-order valence-electron chi connectivity index (χ0n) is 7.87. The number of hydrogen-bond donors (Lipinski definition) is 2. The Morgan fingerprint density at radius 2 is 2.60 bits per heavy atom. The molecule has 0 amide bonds. The molecular formula is C8H11N3O3S. The number of aliphatic hydroxyl groups is 1. The van der Waals surface area contributed by atoms with Gasteiger partial charge in [-0.1, -0.05) is 0 Å². The van der Waals surface area contributed by atoms with Crippen molar-refractivity contribution in [3.05, 3.63) is 22.7 Å². The molecule has 1 aliphatic heterocycles. The second-order valence-corrected chi connectivity index (χ2v) is 4.42. The summed E-state index contributed by atoms with van der Waals surface area (Å²) in [6, 6.07) is 1.56.